The maximum absolute atomic E-state index is 12.6. The largest absolute Gasteiger partial charge is 0.444 e. The van der Waals surface area contributed by atoms with Crippen LogP contribution in [0.2, 0.25) is 0 Å². The average molecular weight is 602 g/mol. The Morgan fingerprint density at radius 1 is 1.07 bits per heavy atom. The van der Waals surface area contributed by atoms with E-state index in [4.69, 9.17) is 9.72 Å². The second-order valence-electron chi connectivity index (χ2n) is 13.7. The summed E-state index contributed by atoms with van der Waals surface area (Å²) in [5, 5.41) is 13.0. The van der Waals surface area contributed by atoms with Crippen molar-refractivity contribution in [1.82, 2.24) is 24.7 Å². The van der Waals surface area contributed by atoms with Crippen LogP contribution >= 0.6 is 0 Å². The van der Waals surface area contributed by atoms with Crippen molar-refractivity contribution >= 4 is 35.1 Å². The number of amides is 3. The van der Waals surface area contributed by atoms with E-state index in [-0.39, 0.29) is 29.3 Å². The molecule has 1 spiro atoms. The molecule has 12 heteroatoms. The third-order valence-corrected chi connectivity index (χ3v) is 9.30. The fourth-order valence-electron chi connectivity index (χ4n) is 6.79. The van der Waals surface area contributed by atoms with Crippen LogP contribution in [0.25, 0.3) is 0 Å². The molecule has 1 N–H and O–H groups in total. The summed E-state index contributed by atoms with van der Waals surface area (Å²) in [7, 11) is 1.85. The molecular formula is C32H43N9O3. The number of hydrogen-bond acceptors (Lipinski definition) is 9. The lowest BCUT2D eigenvalue weighted by atomic mass is 9.72. The quantitative estimate of drug-likeness (QED) is 0.536. The Labute approximate surface area is 259 Å². The molecule has 1 atom stereocenters. The van der Waals surface area contributed by atoms with Crippen LogP contribution in [0.4, 0.5) is 32.6 Å². The first-order valence-corrected chi connectivity index (χ1v) is 15.7. The fraction of sp³-hybridized carbons (Fsp3) is 0.594. The number of aromatic nitrogens is 2. The number of benzene rings is 1. The predicted molar refractivity (Wildman–Crippen MR) is 168 cm³/mol. The van der Waals surface area contributed by atoms with Crippen LogP contribution in [0.15, 0.2) is 30.5 Å². The molecule has 4 aliphatic rings. The van der Waals surface area contributed by atoms with Gasteiger partial charge in [0.1, 0.15) is 17.5 Å². The number of nitriles is 1. The third kappa shape index (κ3) is 6.18. The summed E-state index contributed by atoms with van der Waals surface area (Å²) in [6, 6.07) is 10.6. The summed E-state index contributed by atoms with van der Waals surface area (Å²) in [5.74, 6) is 1.13. The van der Waals surface area contributed by atoms with Crippen LogP contribution in [0.5, 0.6) is 0 Å². The van der Waals surface area contributed by atoms with E-state index in [0.717, 1.165) is 82.9 Å². The van der Waals surface area contributed by atoms with Crippen molar-refractivity contribution in [1.29, 1.82) is 5.26 Å². The summed E-state index contributed by atoms with van der Waals surface area (Å²) in [6.07, 6.45) is 5.46. The van der Waals surface area contributed by atoms with Crippen molar-refractivity contribution < 1.29 is 14.3 Å². The standard InChI is InChI=1S/C32H43N9O3/c1-31(2,3)44-30(43)40-21-32(22-40)11-14-38(15-12-32)24-9-7-23(8-10-24)35-28-26(18-33)34-19-27(36-28)39-13-5-6-25(20-39)41-17-16-37(4)29(41)42/h7-10,19,25H,5-6,11-17,20-22H2,1-4H3,(H,35,36)/t25-/m1/s1. The predicted octanol–water partition coefficient (Wildman–Crippen LogP) is 4.27. The van der Waals surface area contributed by atoms with Crippen LogP contribution in [0.1, 0.15) is 52.1 Å². The van der Waals surface area contributed by atoms with Crippen LogP contribution in [-0.4, -0.2) is 108 Å². The van der Waals surface area contributed by atoms with Crippen LogP contribution < -0.4 is 15.1 Å². The van der Waals surface area contributed by atoms with E-state index in [1.165, 1.54) is 0 Å². The smallest absolute Gasteiger partial charge is 0.410 e. The van der Waals surface area contributed by atoms with E-state index in [1.807, 2.05) is 49.8 Å². The molecule has 0 radical (unpaired) electrons. The number of hydrogen-bond donors (Lipinski definition) is 1. The molecule has 0 saturated carbocycles. The Hall–Kier alpha value is -4.27. The Bertz CT molecular complexity index is 1420. The van der Waals surface area contributed by atoms with Gasteiger partial charge in [0.05, 0.1) is 12.2 Å². The molecule has 234 valence electrons. The van der Waals surface area contributed by atoms with Crippen molar-refractivity contribution in [2.45, 2.75) is 58.1 Å². The number of rotatable bonds is 5. The van der Waals surface area contributed by atoms with E-state index in [1.54, 1.807) is 11.1 Å². The number of urea groups is 1. The van der Waals surface area contributed by atoms with Gasteiger partial charge in [-0.3, -0.25) is 0 Å². The SMILES string of the molecule is CN1CCN([C@@H]2CCCN(c3cnc(C#N)c(Nc4ccc(N5CCC6(CC5)CN(C(=O)OC(C)(C)C)C6)cc4)n3)C2)C1=O. The summed E-state index contributed by atoms with van der Waals surface area (Å²) in [5.41, 5.74) is 1.95. The molecule has 0 aliphatic carbocycles. The van der Waals surface area contributed by atoms with Crippen molar-refractivity contribution in [3.63, 3.8) is 0 Å². The number of nitrogens with zero attached hydrogens (tertiary/aromatic N) is 8. The minimum Gasteiger partial charge on any atom is -0.444 e. The van der Waals surface area contributed by atoms with Gasteiger partial charge in [-0.2, -0.15) is 5.26 Å². The van der Waals surface area contributed by atoms with Gasteiger partial charge < -0.3 is 34.6 Å². The van der Waals surface area contributed by atoms with Crippen molar-refractivity contribution in [3.05, 3.63) is 36.2 Å². The maximum atomic E-state index is 12.6. The highest BCUT2D eigenvalue weighted by atomic mass is 16.6. The van der Waals surface area contributed by atoms with Crippen LogP contribution in [0.3, 0.4) is 0 Å². The minimum atomic E-state index is -0.472. The summed E-state index contributed by atoms with van der Waals surface area (Å²) < 4.78 is 5.53. The molecule has 6 rings (SSSR count). The second-order valence-corrected chi connectivity index (χ2v) is 13.7. The number of nitrogens with one attached hydrogen (secondary N) is 1. The molecule has 2 aromatic rings. The van der Waals surface area contributed by atoms with Crippen molar-refractivity contribution in [3.8, 4) is 6.07 Å². The number of likely N-dealkylation sites (tertiary alicyclic amines) is 1. The van der Waals surface area contributed by atoms with Gasteiger partial charge in [0, 0.05) is 76.2 Å². The Morgan fingerprint density at radius 2 is 1.80 bits per heavy atom. The summed E-state index contributed by atoms with van der Waals surface area (Å²) in [4.78, 5) is 44.3. The van der Waals surface area contributed by atoms with Gasteiger partial charge in [0.15, 0.2) is 11.5 Å². The monoisotopic (exact) mass is 601 g/mol. The molecule has 1 aromatic carbocycles. The number of anilines is 4. The van der Waals surface area contributed by atoms with E-state index in [2.05, 4.69) is 38.3 Å². The second kappa shape index (κ2) is 11.7. The van der Waals surface area contributed by atoms with Crippen LogP contribution in [0, 0.1) is 16.7 Å². The Balaban J connectivity index is 1.05. The van der Waals surface area contributed by atoms with Gasteiger partial charge in [0.25, 0.3) is 0 Å². The van der Waals surface area contributed by atoms with Gasteiger partial charge in [-0.15, -0.1) is 0 Å². The van der Waals surface area contributed by atoms with Gasteiger partial charge >= 0.3 is 12.1 Å². The molecule has 12 nitrogen and oxygen atoms in total. The zero-order chi connectivity index (χ0) is 31.1. The van der Waals surface area contributed by atoms with E-state index in [0.29, 0.717) is 18.2 Å². The molecule has 3 amide bonds. The van der Waals surface area contributed by atoms with Crippen molar-refractivity contribution in [2.75, 3.05) is 74.5 Å². The topological polar surface area (TPSA) is 121 Å². The van der Waals surface area contributed by atoms with Crippen molar-refractivity contribution in [2.24, 2.45) is 5.41 Å². The maximum Gasteiger partial charge on any atom is 0.410 e. The first kappa shape index (κ1) is 29.8. The Kier molecular flexibility index (Phi) is 7.90. The van der Waals surface area contributed by atoms with Crippen LogP contribution in [-0.2, 0) is 4.74 Å². The summed E-state index contributed by atoms with van der Waals surface area (Å²) in [6.45, 7) is 12.2. The van der Waals surface area contributed by atoms with E-state index >= 15 is 0 Å². The fourth-order valence-corrected chi connectivity index (χ4v) is 6.79. The molecule has 4 saturated heterocycles. The van der Waals surface area contributed by atoms with Gasteiger partial charge in [0.2, 0.25) is 0 Å². The lowest BCUT2D eigenvalue weighted by Crippen LogP contribution is -2.62. The number of carbonyl (C=O) groups is 2. The lowest BCUT2D eigenvalue weighted by molar-refractivity contribution is -0.0434. The first-order valence-electron chi connectivity index (χ1n) is 15.7. The highest BCUT2D eigenvalue weighted by molar-refractivity contribution is 5.76. The van der Waals surface area contributed by atoms with Gasteiger partial charge in [-0.25, -0.2) is 19.6 Å². The molecule has 0 unspecified atom stereocenters. The molecule has 1 aromatic heterocycles. The molecule has 44 heavy (non-hydrogen) atoms. The first-order chi connectivity index (χ1) is 21.0. The Morgan fingerprint density at radius 3 is 2.43 bits per heavy atom. The zero-order valence-electron chi connectivity index (χ0n) is 26.3. The normalized spacial score (nSPS) is 21.8. The number of likely N-dealkylation sites (N-methyl/N-ethyl adjacent to an activating group) is 1. The minimum absolute atomic E-state index is 0.0884. The average Bonchev–Trinajstić information content (AvgIpc) is 3.33. The molecule has 0 bridgehead atoms. The molecule has 4 aliphatic heterocycles. The van der Waals surface area contributed by atoms with E-state index in [9.17, 15) is 14.9 Å². The van der Waals surface area contributed by atoms with E-state index < -0.39 is 5.60 Å². The zero-order valence-corrected chi connectivity index (χ0v) is 26.3. The number of ether oxygens (including phenoxy) is 1. The third-order valence-electron chi connectivity index (χ3n) is 9.30. The lowest BCUT2D eigenvalue weighted by Gasteiger charge is -2.54. The molecule has 4 fully saturated rings. The van der Waals surface area contributed by atoms with Gasteiger partial charge in [-0.05, 0) is 70.7 Å². The highest BCUT2D eigenvalue weighted by Crippen LogP contribution is 2.42. The number of carbonyl (C=O) groups excluding carboxylic acids is 2. The molecular weight excluding hydrogens is 558 g/mol. The van der Waals surface area contributed by atoms with Gasteiger partial charge in [-0.1, -0.05) is 0 Å². The summed E-state index contributed by atoms with van der Waals surface area (Å²) >= 11 is 0. The number of piperidine rings is 2. The highest BCUT2D eigenvalue weighted by Gasteiger charge is 2.47. The molecule has 5 heterocycles.